The molecule has 0 aliphatic heterocycles. The van der Waals surface area contributed by atoms with Gasteiger partial charge in [0.15, 0.2) is 0 Å². The number of hydrogen-bond acceptors (Lipinski definition) is 4. The number of nitrogens with one attached hydrogen (secondary N) is 1. The first-order valence-electron chi connectivity index (χ1n) is 9.91. The van der Waals surface area contributed by atoms with Crippen molar-refractivity contribution < 1.29 is 17.9 Å². The molecule has 0 saturated carbocycles. The third-order valence-corrected chi connectivity index (χ3v) is 7.64. The summed E-state index contributed by atoms with van der Waals surface area (Å²) in [7, 11) is -3.98. The molecule has 3 aromatic rings. The molecule has 10 heteroatoms. The molecule has 0 atom stereocenters. The van der Waals surface area contributed by atoms with Gasteiger partial charge in [-0.3, -0.25) is 4.79 Å². The molecule has 0 aromatic heterocycles. The predicted molar refractivity (Wildman–Crippen MR) is 134 cm³/mol. The number of nitrogens with zero attached hydrogens (tertiary/aromatic N) is 1. The van der Waals surface area contributed by atoms with Crippen molar-refractivity contribution in [2.24, 2.45) is 0 Å². The van der Waals surface area contributed by atoms with Gasteiger partial charge < -0.3 is 10.1 Å². The Hall–Kier alpha value is -2.10. The van der Waals surface area contributed by atoms with Gasteiger partial charge in [-0.25, -0.2) is 8.42 Å². The van der Waals surface area contributed by atoms with E-state index in [-0.39, 0.29) is 11.4 Å². The van der Waals surface area contributed by atoms with E-state index in [4.69, 9.17) is 27.9 Å². The monoisotopic (exact) mass is 570 g/mol. The van der Waals surface area contributed by atoms with Crippen molar-refractivity contribution in [1.29, 1.82) is 0 Å². The molecular formula is C23H21BrCl2N2O4S. The second-order valence-electron chi connectivity index (χ2n) is 6.98. The molecule has 0 heterocycles. The van der Waals surface area contributed by atoms with Crippen molar-refractivity contribution in [1.82, 2.24) is 4.31 Å². The van der Waals surface area contributed by atoms with Crippen molar-refractivity contribution in [2.75, 3.05) is 18.5 Å². The summed E-state index contributed by atoms with van der Waals surface area (Å²) in [5, 5.41) is 3.38. The quantitative estimate of drug-likeness (QED) is 0.342. The highest BCUT2D eigenvalue weighted by molar-refractivity contribution is 9.10. The Morgan fingerprint density at radius 1 is 1.00 bits per heavy atom. The van der Waals surface area contributed by atoms with Gasteiger partial charge in [-0.2, -0.15) is 4.31 Å². The molecule has 0 saturated heterocycles. The topological polar surface area (TPSA) is 75.7 Å². The largest absolute Gasteiger partial charge is 0.494 e. The van der Waals surface area contributed by atoms with Crippen molar-refractivity contribution in [3.05, 3.63) is 86.8 Å². The number of rotatable bonds is 9. The van der Waals surface area contributed by atoms with Gasteiger partial charge in [-0.05, 0) is 73.2 Å². The van der Waals surface area contributed by atoms with Crippen LogP contribution in [0.1, 0.15) is 12.5 Å². The van der Waals surface area contributed by atoms with Crippen LogP contribution in [0.25, 0.3) is 0 Å². The number of halogens is 3. The molecule has 3 aromatic carbocycles. The second-order valence-corrected chi connectivity index (χ2v) is 10.6. The van der Waals surface area contributed by atoms with Gasteiger partial charge in [0, 0.05) is 16.7 Å². The summed E-state index contributed by atoms with van der Waals surface area (Å²) in [5.74, 6) is 0.189. The normalized spacial score (nSPS) is 11.4. The minimum atomic E-state index is -3.98. The van der Waals surface area contributed by atoms with Crippen LogP contribution in [0, 0.1) is 0 Å². The molecule has 1 amide bonds. The minimum absolute atomic E-state index is 0.0635. The molecule has 33 heavy (non-hydrogen) atoms. The Kier molecular flexibility index (Phi) is 8.78. The number of carbonyl (C=O) groups is 1. The zero-order valence-electron chi connectivity index (χ0n) is 17.6. The standard InChI is InChI=1S/C23H21BrCl2N2O4S/c1-2-32-19-8-6-18(7-9-19)27-23(29)15-28(14-16-3-12-21(25)22(26)13-16)33(30,31)20-10-4-17(24)5-11-20/h3-13H,2,14-15H2,1H3,(H,27,29). The maximum atomic E-state index is 13.4. The van der Waals surface area contributed by atoms with Gasteiger partial charge in [0.25, 0.3) is 0 Å². The average Bonchev–Trinajstić information content (AvgIpc) is 2.77. The predicted octanol–water partition coefficient (Wildman–Crippen LogP) is 5.98. The van der Waals surface area contributed by atoms with Gasteiger partial charge in [0.05, 0.1) is 28.1 Å². The molecule has 0 aliphatic carbocycles. The lowest BCUT2D eigenvalue weighted by Gasteiger charge is -2.22. The van der Waals surface area contributed by atoms with E-state index in [1.807, 2.05) is 6.92 Å². The number of benzene rings is 3. The van der Waals surface area contributed by atoms with Crippen LogP contribution in [0.2, 0.25) is 10.0 Å². The number of ether oxygens (including phenoxy) is 1. The summed E-state index contributed by atoms with van der Waals surface area (Å²) >= 11 is 15.4. The maximum absolute atomic E-state index is 13.4. The Morgan fingerprint density at radius 2 is 1.67 bits per heavy atom. The summed E-state index contributed by atoms with van der Waals surface area (Å²) in [6, 6.07) is 17.9. The smallest absolute Gasteiger partial charge is 0.243 e. The SMILES string of the molecule is CCOc1ccc(NC(=O)CN(Cc2ccc(Cl)c(Cl)c2)S(=O)(=O)c2ccc(Br)cc2)cc1. The first kappa shape index (κ1) is 25.5. The van der Waals surface area contributed by atoms with Crippen molar-refractivity contribution in [2.45, 2.75) is 18.4 Å². The van der Waals surface area contributed by atoms with E-state index in [0.29, 0.717) is 33.7 Å². The molecule has 0 spiro atoms. The Bertz CT molecular complexity index is 1220. The summed E-state index contributed by atoms with van der Waals surface area (Å²) in [6.45, 7) is 1.95. The molecule has 0 bridgehead atoms. The molecule has 0 aliphatic rings. The van der Waals surface area contributed by atoms with Gasteiger partial charge in [0.1, 0.15) is 5.75 Å². The zero-order valence-corrected chi connectivity index (χ0v) is 21.5. The third kappa shape index (κ3) is 6.94. The van der Waals surface area contributed by atoms with Crippen LogP contribution < -0.4 is 10.1 Å². The lowest BCUT2D eigenvalue weighted by molar-refractivity contribution is -0.116. The third-order valence-electron chi connectivity index (χ3n) is 4.56. The van der Waals surface area contributed by atoms with Crippen molar-refractivity contribution in [3.8, 4) is 5.75 Å². The molecule has 174 valence electrons. The van der Waals surface area contributed by atoms with Gasteiger partial charge in [-0.15, -0.1) is 0 Å². The lowest BCUT2D eigenvalue weighted by Crippen LogP contribution is -2.37. The number of hydrogen-bond donors (Lipinski definition) is 1. The van der Waals surface area contributed by atoms with Crippen molar-refractivity contribution in [3.63, 3.8) is 0 Å². The molecule has 6 nitrogen and oxygen atoms in total. The molecule has 0 fully saturated rings. The first-order valence-corrected chi connectivity index (χ1v) is 12.9. The van der Waals surface area contributed by atoms with Crippen LogP contribution in [-0.2, 0) is 21.4 Å². The van der Waals surface area contributed by atoms with Crippen LogP contribution in [-0.4, -0.2) is 31.8 Å². The van der Waals surface area contributed by atoms with E-state index in [0.717, 1.165) is 8.78 Å². The number of sulfonamides is 1. The van der Waals surface area contributed by atoms with Crippen LogP contribution >= 0.6 is 39.1 Å². The number of anilines is 1. The van der Waals surface area contributed by atoms with Gasteiger partial charge in [-0.1, -0.05) is 45.2 Å². The van der Waals surface area contributed by atoms with E-state index in [1.165, 1.54) is 12.1 Å². The molecule has 0 radical (unpaired) electrons. The highest BCUT2D eigenvalue weighted by Crippen LogP contribution is 2.26. The van der Waals surface area contributed by atoms with Crippen LogP contribution in [0.15, 0.2) is 76.1 Å². The first-order chi connectivity index (χ1) is 15.7. The summed E-state index contributed by atoms with van der Waals surface area (Å²) in [6.07, 6.45) is 0. The Labute approximate surface area is 211 Å². The van der Waals surface area contributed by atoms with Crippen molar-refractivity contribution >= 4 is 60.7 Å². The van der Waals surface area contributed by atoms with Gasteiger partial charge in [0.2, 0.25) is 15.9 Å². The summed E-state index contributed by atoms with van der Waals surface area (Å²) in [4.78, 5) is 12.8. The van der Waals surface area contributed by atoms with Gasteiger partial charge >= 0.3 is 0 Å². The lowest BCUT2D eigenvalue weighted by atomic mass is 10.2. The fourth-order valence-electron chi connectivity index (χ4n) is 2.98. The fraction of sp³-hybridized carbons (Fsp3) is 0.174. The van der Waals surface area contributed by atoms with E-state index >= 15 is 0 Å². The molecular weight excluding hydrogens is 551 g/mol. The van der Waals surface area contributed by atoms with E-state index < -0.39 is 22.5 Å². The Morgan fingerprint density at radius 3 is 2.27 bits per heavy atom. The van der Waals surface area contributed by atoms with Crippen LogP contribution in [0.3, 0.4) is 0 Å². The van der Waals surface area contributed by atoms with E-state index in [9.17, 15) is 13.2 Å². The van der Waals surface area contributed by atoms with Crippen LogP contribution in [0.4, 0.5) is 5.69 Å². The maximum Gasteiger partial charge on any atom is 0.243 e. The highest BCUT2D eigenvalue weighted by atomic mass is 79.9. The fourth-order valence-corrected chi connectivity index (χ4v) is 4.95. The highest BCUT2D eigenvalue weighted by Gasteiger charge is 2.27. The molecule has 0 unspecified atom stereocenters. The summed E-state index contributed by atoms with van der Waals surface area (Å²) < 4.78 is 34.0. The minimum Gasteiger partial charge on any atom is -0.494 e. The van der Waals surface area contributed by atoms with E-state index in [2.05, 4.69) is 21.2 Å². The molecule has 3 rings (SSSR count). The second kappa shape index (κ2) is 11.4. The molecule has 1 N–H and O–H groups in total. The van der Waals surface area contributed by atoms with Crippen LogP contribution in [0.5, 0.6) is 5.75 Å². The summed E-state index contributed by atoms with van der Waals surface area (Å²) in [5.41, 5.74) is 1.12. The number of carbonyl (C=O) groups excluding carboxylic acids is 1. The zero-order chi connectivity index (χ0) is 24.0. The van der Waals surface area contributed by atoms with E-state index in [1.54, 1.807) is 54.6 Å². The number of amides is 1. The Balaban J connectivity index is 1.84. The average molecular weight is 572 g/mol.